The van der Waals surface area contributed by atoms with E-state index in [-0.39, 0.29) is 18.6 Å². The van der Waals surface area contributed by atoms with Crippen molar-refractivity contribution in [3.8, 4) is 23.0 Å². The molecule has 4 atom stereocenters. The van der Waals surface area contributed by atoms with Crippen LogP contribution in [0.15, 0.2) is 48.6 Å². The van der Waals surface area contributed by atoms with Gasteiger partial charge in [-0.25, -0.2) is 0 Å². The zero-order chi connectivity index (χ0) is 22.7. The van der Waals surface area contributed by atoms with Gasteiger partial charge in [-0.05, 0) is 24.3 Å². The van der Waals surface area contributed by atoms with E-state index in [1.807, 2.05) is 18.2 Å². The van der Waals surface area contributed by atoms with Crippen molar-refractivity contribution in [2.45, 2.75) is 11.7 Å². The molecule has 0 unspecified atom stereocenters. The SMILES string of the molecule is COc1ccc(NC(=O)[C@H]2[C@H]3C=C[C@@]4(CN(c5ccc6c(c5)OCO6)C(=O)[C@@H]24)O3)cc1OC. The Balaban J connectivity index is 1.27. The monoisotopic (exact) mass is 450 g/mol. The molecule has 0 radical (unpaired) electrons. The molecule has 4 aliphatic heterocycles. The third-order valence-electron chi connectivity index (χ3n) is 6.72. The van der Waals surface area contributed by atoms with Gasteiger partial charge in [0.2, 0.25) is 18.6 Å². The number of carbonyl (C=O) groups is 2. The van der Waals surface area contributed by atoms with Gasteiger partial charge in [-0.2, -0.15) is 0 Å². The fourth-order valence-corrected chi connectivity index (χ4v) is 5.21. The second kappa shape index (κ2) is 7.14. The maximum atomic E-state index is 13.5. The normalized spacial score (nSPS) is 28.2. The topological polar surface area (TPSA) is 95.6 Å². The Morgan fingerprint density at radius 3 is 2.73 bits per heavy atom. The number of nitrogens with zero attached hydrogens (tertiary/aromatic N) is 1. The van der Waals surface area contributed by atoms with Crippen molar-refractivity contribution in [1.82, 2.24) is 0 Å². The molecule has 2 bridgehead atoms. The summed E-state index contributed by atoms with van der Waals surface area (Å²) in [6, 6.07) is 10.5. The summed E-state index contributed by atoms with van der Waals surface area (Å²) in [4.78, 5) is 28.5. The number of anilines is 2. The Morgan fingerprint density at radius 2 is 1.91 bits per heavy atom. The van der Waals surface area contributed by atoms with Gasteiger partial charge in [-0.15, -0.1) is 0 Å². The predicted molar refractivity (Wildman–Crippen MR) is 117 cm³/mol. The van der Waals surface area contributed by atoms with Gasteiger partial charge in [0.15, 0.2) is 23.0 Å². The number of benzene rings is 2. The van der Waals surface area contributed by atoms with Gasteiger partial charge < -0.3 is 33.9 Å². The molecule has 33 heavy (non-hydrogen) atoms. The molecule has 2 aromatic carbocycles. The van der Waals surface area contributed by atoms with E-state index < -0.39 is 23.5 Å². The minimum Gasteiger partial charge on any atom is -0.493 e. The van der Waals surface area contributed by atoms with Crippen molar-refractivity contribution < 1.29 is 33.3 Å². The number of hydrogen-bond acceptors (Lipinski definition) is 7. The summed E-state index contributed by atoms with van der Waals surface area (Å²) in [6.07, 6.45) is 3.36. The molecule has 2 aromatic rings. The van der Waals surface area contributed by atoms with Crippen molar-refractivity contribution in [1.29, 1.82) is 0 Å². The van der Waals surface area contributed by atoms with Crippen LogP contribution in [0.5, 0.6) is 23.0 Å². The first-order valence-corrected chi connectivity index (χ1v) is 10.6. The second-order valence-corrected chi connectivity index (χ2v) is 8.42. The second-order valence-electron chi connectivity index (χ2n) is 8.42. The van der Waals surface area contributed by atoms with E-state index in [1.165, 1.54) is 7.11 Å². The lowest BCUT2D eigenvalue weighted by Gasteiger charge is -2.23. The fraction of sp³-hybridized carbons (Fsp3) is 0.333. The van der Waals surface area contributed by atoms with Crippen LogP contribution in [0, 0.1) is 11.8 Å². The summed E-state index contributed by atoms with van der Waals surface area (Å²) in [5.41, 5.74) is 0.418. The predicted octanol–water partition coefficient (Wildman–Crippen LogP) is 2.36. The Bertz CT molecular complexity index is 1200. The Morgan fingerprint density at radius 1 is 1.09 bits per heavy atom. The number of nitrogens with one attached hydrogen (secondary N) is 1. The minimum absolute atomic E-state index is 0.145. The number of fused-ring (bicyclic) bond motifs is 2. The van der Waals surface area contributed by atoms with E-state index in [9.17, 15) is 9.59 Å². The van der Waals surface area contributed by atoms with E-state index in [2.05, 4.69) is 5.32 Å². The standard InChI is InChI=1S/C24H22N2O7/c1-29-15-5-3-13(9-18(15)30-2)25-22(27)20-17-7-8-24(33-17)11-26(23(28)21(20)24)14-4-6-16-19(10-14)32-12-31-16/h3-10,17,20-21H,11-12H2,1-2H3,(H,25,27)/t17-,20+,21-,24+/m1/s1. The van der Waals surface area contributed by atoms with Crippen LogP contribution in [0.25, 0.3) is 0 Å². The van der Waals surface area contributed by atoms with Gasteiger partial charge in [0.25, 0.3) is 0 Å². The Hall–Kier alpha value is -3.72. The molecule has 4 heterocycles. The van der Waals surface area contributed by atoms with E-state index in [0.29, 0.717) is 40.9 Å². The number of amides is 2. The van der Waals surface area contributed by atoms with E-state index in [0.717, 1.165) is 0 Å². The van der Waals surface area contributed by atoms with E-state index in [4.69, 9.17) is 23.7 Å². The maximum absolute atomic E-state index is 13.5. The van der Waals surface area contributed by atoms with Crippen molar-refractivity contribution in [2.75, 3.05) is 37.8 Å². The molecule has 2 saturated heterocycles. The number of carbonyl (C=O) groups excluding carboxylic acids is 2. The number of methoxy groups -OCH3 is 2. The largest absolute Gasteiger partial charge is 0.493 e. The summed E-state index contributed by atoms with van der Waals surface area (Å²) in [6.45, 7) is 0.495. The average Bonchev–Trinajstić information content (AvgIpc) is 3.59. The van der Waals surface area contributed by atoms with Crippen molar-refractivity contribution >= 4 is 23.2 Å². The van der Waals surface area contributed by atoms with Crippen molar-refractivity contribution in [2.24, 2.45) is 11.8 Å². The van der Waals surface area contributed by atoms with Crippen LogP contribution >= 0.6 is 0 Å². The first-order valence-electron chi connectivity index (χ1n) is 10.6. The lowest BCUT2D eigenvalue weighted by Crippen LogP contribution is -2.41. The lowest BCUT2D eigenvalue weighted by atomic mass is 9.77. The molecule has 0 saturated carbocycles. The van der Waals surface area contributed by atoms with Gasteiger partial charge >= 0.3 is 0 Å². The molecule has 1 N–H and O–H groups in total. The van der Waals surface area contributed by atoms with Gasteiger partial charge in [0.05, 0.1) is 38.7 Å². The summed E-state index contributed by atoms with van der Waals surface area (Å²) < 4.78 is 27.6. The third-order valence-corrected chi connectivity index (χ3v) is 6.72. The molecular formula is C24H22N2O7. The minimum atomic E-state index is -0.822. The molecule has 170 valence electrons. The molecule has 9 nitrogen and oxygen atoms in total. The van der Waals surface area contributed by atoms with Crippen LogP contribution in [0.2, 0.25) is 0 Å². The highest BCUT2D eigenvalue weighted by Crippen LogP contribution is 2.53. The average molecular weight is 450 g/mol. The fourth-order valence-electron chi connectivity index (χ4n) is 5.21. The molecule has 0 aliphatic carbocycles. The van der Waals surface area contributed by atoms with Crippen LogP contribution in [-0.2, 0) is 14.3 Å². The third kappa shape index (κ3) is 2.88. The quantitative estimate of drug-likeness (QED) is 0.699. The van der Waals surface area contributed by atoms with E-state index >= 15 is 0 Å². The van der Waals surface area contributed by atoms with Crippen LogP contribution in [0.3, 0.4) is 0 Å². The van der Waals surface area contributed by atoms with Crippen LogP contribution < -0.4 is 29.2 Å². The van der Waals surface area contributed by atoms with Crippen molar-refractivity contribution in [3.63, 3.8) is 0 Å². The Labute approximate surface area is 189 Å². The molecule has 2 fully saturated rings. The first-order chi connectivity index (χ1) is 16.0. The number of rotatable bonds is 5. The van der Waals surface area contributed by atoms with Crippen LogP contribution in [0.4, 0.5) is 11.4 Å². The summed E-state index contributed by atoms with van der Waals surface area (Å²) >= 11 is 0. The summed E-state index contributed by atoms with van der Waals surface area (Å²) in [7, 11) is 3.08. The van der Waals surface area contributed by atoms with Gasteiger partial charge in [0, 0.05) is 23.5 Å². The molecule has 6 rings (SSSR count). The highest BCUT2D eigenvalue weighted by atomic mass is 16.7. The van der Waals surface area contributed by atoms with Gasteiger partial charge in [-0.1, -0.05) is 12.2 Å². The number of ether oxygens (including phenoxy) is 5. The molecule has 1 spiro atoms. The lowest BCUT2D eigenvalue weighted by molar-refractivity contribution is -0.128. The van der Waals surface area contributed by atoms with Crippen molar-refractivity contribution in [3.05, 3.63) is 48.6 Å². The zero-order valence-corrected chi connectivity index (χ0v) is 18.1. The highest BCUT2D eigenvalue weighted by molar-refractivity contribution is 6.05. The summed E-state index contributed by atoms with van der Waals surface area (Å²) in [5.74, 6) is 0.629. The Kier molecular flexibility index (Phi) is 4.31. The molecular weight excluding hydrogens is 428 g/mol. The summed E-state index contributed by atoms with van der Waals surface area (Å²) in [5, 5.41) is 2.92. The highest BCUT2D eigenvalue weighted by Gasteiger charge is 2.67. The van der Waals surface area contributed by atoms with E-state index in [1.54, 1.807) is 42.3 Å². The first kappa shape index (κ1) is 19.9. The van der Waals surface area contributed by atoms with Crippen LogP contribution in [-0.4, -0.2) is 51.1 Å². The molecule has 9 heteroatoms. The molecule has 2 amide bonds. The number of hydrogen-bond donors (Lipinski definition) is 1. The maximum Gasteiger partial charge on any atom is 0.234 e. The molecule has 4 aliphatic rings. The van der Waals surface area contributed by atoms with Gasteiger partial charge in [0.1, 0.15) is 5.60 Å². The van der Waals surface area contributed by atoms with Gasteiger partial charge in [-0.3, -0.25) is 9.59 Å². The molecule has 0 aromatic heterocycles. The van der Waals surface area contributed by atoms with Crippen LogP contribution in [0.1, 0.15) is 0 Å². The zero-order valence-electron chi connectivity index (χ0n) is 18.1. The smallest absolute Gasteiger partial charge is 0.234 e.